The van der Waals surface area contributed by atoms with Crippen LogP contribution in [0, 0.1) is 6.92 Å². The number of alkyl halides is 2. The summed E-state index contributed by atoms with van der Waals surface area (Å²) in [5, 5.41) is 7.45. The van der Waals surface area contributed by atoms with Crippen molar-refractivity contribution in [1.82, 2.24) is 9.97 Å². The lowest BCUT2D eigenvalue weighted by atomic mass is 10.1. The predicted octanol–water partition coefficient (Wildman–Crippen LogP) is 2.96. The summed E-state index contributed by atoms with van der Waals surface area (Å²) in [5.74, 6) is -3.14. The lowest BCUT2D eigenvalue weighted by molar-refractivity contribution is -0.0102. The fraction of sp³-hybridized carbons (Fsp3) is 0.389. The normalized spacial score (nSPS) is 16.8. The Hall–Kier alpha value is -2.37. The highest BCUT2D eigenvalue weighted by atomic mass is 35.5. The first-order chi connectivity index (χ1) is 14.0. The van der Waals surface area contributed by atoms with E-state index < -0.39 is 26.9 Å². The van der Waals surface area contributed by atoms with E-state index >= 15 is 0 Å². The molecule has 0 saturated carbocycles. The number of nitrogens with zero attached hydrogens (tertiary/aromatic N) is 3. The van der Waals surface area contributed by atoms with Gasteiger partial charge in [-0.2, -0.15) is 0 Å². The maximum Gasteiger partial charge on any atom is 0.259 e. The van der Waals surface area contributed by atoms with Crippen molar-refractivity contribution in [3.63, 3.8) is 0 Å². The van der Waals surface area contributed by atoms with E-state index in [1.165, 1.54) is 18.3 Å². The second-order valence-electron chi connectivity index (χ2n) is 7.01. The standard InChI is InChI=1S/C18H20ClF2N5O3S/c1-11-14(19)10-13(16(24-11)26-7-2-4-18(20,21)5-8-26)17(27)25-12-3-6-23-15(9-12)30(22,28)29/h3,6,9-10H,2,4-5,7-8H2,1H3,(H2,22,28,29)(H,23,25,27). The lowest BCUT2D eigenvalue weighted by Crippen LogP contribution is -2.29. The fourth-order valence-corrected chi connectivity index (χ4v) is 3.74. The molecule has 3 heterocycles. The largest absolute Gasteiger partial charge is 0.356 e. The van der Waals surface area contributed by atoms with Crippen LogP contribution in [0.15, 0.2) is 29.4 Å². The summed E-state index contributed by atoms with van der Waals surface area (Å²) in [6, 6.07) is 3.92. The van der Waals surface area contributed by atoms with E-state index in [0.717, 1.165) is 6.07 Å². The van der Waals surface area contributed by atoms with Gasteiger partial charge in [-0.1, -0.05) is 11.6 Å². The molecule has 0 unspecified atom stereocenters. The van der Waals surface area contributed by atoms with Gasteiger partial charge in [-0.3, -0.25) is 4.79 Å². The number of hydrogen-bond donors (Lipinski definition) is 2. The Morgan fingerprint density at radius 1 is 1.30 bits per heavy atom. The topological polar surface area (TPSA) is 118 Å². The molecule has 162 valence electrons. The molecule has 1 aliphatic heterocycles. The van der Waals surface area contributed by atoms with Crippen LogP contribution in [0.2, 0.25) is 5.02 Å². The van der Waals surface area contributed by atoms with Gasteiger partial charge in [0.2, 0.25) is 5.92 Å². The van der Waals surface area contributed by atoms with Gasteiger partial charge in [0.05, 0.1) is 16.3 Å². The minimum atomic E-state index is -4.05. The molecule has 1 amide bonds. The Morgan fingerprint density at radius 2 is 2.03 bits per heavy atom. The number of halogens is 3. The van der Waals surface area contributed by atoms with Crippen molar-refractivity contribution < 1.29 is 22.0 Å². The number of amides is 1. The quantitative estimate of drug-likeness (QED) is 0.725. The van der Waals surface area contributed by atoms with E-state index in [0.29, 0.717) is 12.2 Å². The second-order valence-corrected chi connectivity index (χ2v) is 8.92. The Labute approximate surface area is 177 Å². The summed E-state index contributed by atoms with van der Waals surface area (Å²) in [6.45, 7) is 2.00. The van der Waals surface area contributed by atoms with Crippen molar-refractivity contribution >= 4 is 39.0 Å². The van der Waals surface area contributed by atoms with Crippen molar-refractivity contribution in [2.75, 3.05) is 23.3 Å². The van der Waals surface area contributed by atoms with Gasteiger partial charge in [-0.15, -0.1) is 0 Å². The van der Waals surface area contributed by atoms with E-state index in [-0.39, 0.29) is 47.9 Å². The molecule has 0 bridgehead atoms. The van der Waals surface area contributed by atoms with Crippen LogP contribution >= 0.6 is 11.6 Å². The highest BCUT2D eigenvalue weighted by Crippen LogP contribution is 2.32. The summed E-state index contributed by atoms with van der Waals surface area (Å²) in [7, 11) is -4.05. The summed E-state index contributed by atoms with van der Waals surface area (Å²) >= 11 is 6.15. The number of hydrogen-bond acceptors (Lipinski definition) is 6. The van der Waals surface area contributed by atoms with Gasteiger partial charge in [0.25, 0.3) is 15.9 Å². The summed E-state index contributed by atoms with van der Waals surface area (Å²) in [6.07, 6.45) is 0.859. The van der Waals surface area contributed by atoms with Crippen molar-refractivity contribution in [3.05, 3.63) is 40.7 Å². The van der Waals surface area contributed by atoms with Crippen molar-refractivity contribution in [1.29, 1.82) is 0 Å². The predicted molar refractivity (Wildman–Crippen MR) is 109 cm³/mol. The average molecular weight is 460 g/mol. The first-order valence-electron chi connectivity index (χ1n) is 9.06. The average Bonchev–Trinajstić information content (AvgIpc) is 2.83. The molecule has 0 radical (unpaired) electrons. The molecule has 12 heteroatoms. The minimum absolute atomic E-state index is 0.0339. The van der Waals surface area contributed by atoms with Gasteiger partial charge >= 0.3 is 0 Å². The lowest BCUT2D eigenvalue weighted by Gasteiger charge is -2.24. The number of sulfonamides is 1. The highest BCUT2D eigenvalue weighted by molar-refractivity contribution is 7.89. The highest BCUT2D eigenvalue weighted by Gasteiger charge is 2.33. The van der Waals surface area contributed by atoms with Crippen LogP contribution in [-0.4, -0.2) is 43.3 Å². The zero-order valence-electron chi connectivity index (χ0n) is 16.0. The number of pyridine rings is 2. The van der Waals surface area contributed by atoms with Gasteiger partial charge in [0.15, 0.2) is 5.03 Å². The maximum atomic E-state index is 13.8. The number of primary sulfonamides is 1. The molecule has 3 N–H and O–H groups in total. The third-order valence-corrected chi connectivity index (χ3v) is 5.87. The number of aryl methyl sites for hydroxylation is 1. The zero-order chi connectivity index (χ0) is 22.1. The molecule has 30 heavy (non-hydrogen) atoms. The van der Waals surface area contributed by atoms with Gasteiger partial charge in [-0.25, -0.2) is 32.3 Å². The van der Waals surface area contributed by atoms with E-state index in [2.05, 4.69) is 15.3 Å². The number of rotatable bonds is 4. The molecule has 0 atom stereocenters. The smallest absolute Gasteiger partial charge is 0.259 e. The fourth-order valence-electron chi connectivity index (χ4n) is 3.09. The molecular formula is C18H20ClF2N5O3S. The van der Waals surface area contributed by atoms with Crippen molar-refractivity contribution in [3.8, 4) is 0 Å². The van der Waals surface area contributed by atoms with Crippen LogP contribution in [-0.2, 0) is 10.0 Å². The third-order valence-electron chi connectivity index (χ3n) is 4.68. The Bertz CT molecular complexity index is 1080. The molecule has 8 nitrogen and oxygen atoms in total. The molecule has 3 rings (SSSR count). The van der Waals surface area contributed by atoms with E-state index in [1.807, 2.05) is 0 Å². The van der Waals surface area contributed by atoms with E-state index in [9.17, 15) is 22.0 Å². The van der Waals surface area contributed by atoms with Crippen LogP contribution < -0.4 is 15.4 Å². The van der Waals surface area contributed by atoms with Crippen LogP contribution in [0.3, 0.4) is 0 Å². The third kappa shape index (κ3) is 5.21. The SMILES string of the molecule is Cc1nc(N2CCCC(F)(F)CC2)c(C(=O)Nc2ccnc(S(N)(=O)=O)c2)cc1Cl. The first-order valence-corrected chi connectivity index (χ1v) is 11.0. The van der Waals surface area contributed by atoms with E-state index in [1.54, 1.807) is 11.8 Å². The van der Waals surface area contributed by atoms with E-state index in [4.69, 9.17) is 16.7 Å². The molecule has 1 fully saturated rings. The number of carbonyl (C=O) groups is 1. The van der Waals surface area contributed by atoms with Crippen molar-refractivity contribution in [2.24, 2.45) is 5.14 Å². The second kappa shape index (κ2) is 8.40. The van der Waals surface area contributed by atoms with Crippen LogP contribution in [0.4, 0.5) is 20.3 Å². The molecule has 2 aromatic heterocycles. The Balaban J connectivity index is 1.93. The molecule has 2 aromatic rings. The van der Waals surface area contributed by atoms with Crippen LogP contribution in [0.1, 0.15) is 35.3 Å². The summed E-state index contributed by atoms with van der Waals surface area (Å²) in [5.41, 5.74) is 0.688. The molecule has 0 aliphatic carbocycles. The van der Waals surface area contributed by atoms with Crippen LogP contribution in [0.5, 0.6) is 0 Å². The first kappa shape index (κ1) is 22.3. The maximum absolute atomic E-state index is 13.8. The van der Waals surface area contributed by atoms with Gasteiger partial charge < -0.3 is 10.2 Å². The Morgan fingerprint density at radius 3 is 2.73 bits per heavy atom. The minimum Gasteiger partial charge on any atom is -0.356 e. The summed E-state index contributed by atoms with van der Waals surface area (Å²) in [4.78, 5) is 22.6. The number of nitrogens with one attached hydrogen (secondary N) is 1. The zero-order valence-corrected chi connectivity index (χ0v) is 17.6. The molecule has 0 aromatic carbocycles. The van der Waals surface area contributed by atoms with Gasteiger partial charge in [-0.05, 0) is 25.5 Å². The number of carbonyl (C=O) groups excluding carboxylic acids is 1. The van der Waals surface area contributed by atoms with Crippen molar-refractivity contribution in [2.45, 2.75) is 37.1 Å². The van der Waals surface area contributed by atoms with Gasteiger partial charge in [0, 0.05) is 43.9 Å². The number of nitrogens with two attached hydrogens (primary N) is 1. The summed E-state index contributed by atoms with van der Waals surface area (Å²) < 4.78 is 50.5. The Kier molecular flexibility index (Phi) is 6.25. The number of anilines is 2. The monoisotopic (exact) mass is 459 g/mol. The molecule has 1 aliphatic rings. The van der Waals surface area contributed by atoms with Crippen LogP contribution in [0.25, 0.3) is 0 Å². The number of aromatic nitrogens is 2. The molecule has 0 spiro atoms. The molecule has 1 saturated heterocycles. The molecular weight excluding hydrogens is 440 g/mol. The van der Waals surface area contributed by atoms with Gasteiger partial charge in [0.1, 0.15) is 5.82 Å².